The number of carbonyl (C=O) groups is 2. The Bertz CT molecular complexity index is 751. The lowest BCUT2D eigenvalue weighted by Gasteiger charge is -2.16. The van der Waals surface area contributed by atoms with E-state index >= 15 is 0 Å². The SMILES string of the molecule is COc1ccc(C(=O)N(C)C)cc1NC(=O)CC(N)c1ccccc1.Cl. The summed E-state index contributed by atoms with van der Waals surface area (Å²) in [4.78, 5) is 25.9. The summed E-state index contributed by atoms with van der Waals surface area (Å²) in [6, 6.07) is 13.9. The van der Waals surface area contributed by atoms with Crippen molar-refractivity contribution < 1.29 is 14.3 Å². The number of carbonyl (C=O) groups excluding carboxylic acids is 2. The molecule has 0 aliphatic carbocycles. The van der Waals surface area contributed by atoms with Crippen LogP contribution in [0.2, 0.25) is 0 Å². The number of methoxy groups -OCH3 is 1. The van der Waals surface area contributed by atoms with E-state index < -0.39 is 6.04 Å². The van der Waals surface area contributed by atoms with Gasteiger partial charge in [-0.1, -0.05) is 30.3 Å². The van der Waals surface area contributed by atoms with Crippen molar-refractivity contribution in [2.75, 3.05) is 26.5 Å². The van der Waals surface area contributed by atoms with Crippen LogP contribution in [0.4, 0.5) is 5.69 Å². The summed E-state index contributed by atoms with van der Waals surface area (Å²) in [6.45, 7) is 0. The summed E-state index contributed by atoms with van der Waals surface area (Å²) in [5.74, 6) is 0.0835. The largest absolute Gasteiger partial charge is 0.495 e. The minimum Gasteiger partial charge on any atom is -0.495 e. The highest BCUT2D eigenvalue weighted by atomic mass is 35.5. The molecular formula is C19H24ClN3O3. The summed E-state index contributed by atoms with van der Waals surface area (Å²) < 4.78 is 5.26. The molecule has 0 radical (unpaired) electrons. The maximum atomic E-state index is 12.3. The Kier molecular flexibility index (Phi) is 8.09. The second-order valence-electron chi connectivity index (χ2n) is 5.88. The molecular weight excluding hydrogens is 354 g/mol. The van der Waals surface area contributed by atoms with Gasteiger partial charge in [0.1, 0.15) is 5.75 Å². The number of amides is 2. The van der Waals surface area contributed by atoms with Crippen molar-refractivity contribution >= 4 is 29.9 Å². The summed E-state index contributed by atoms with van der Waals surface area (Å²) in [6.07, 6.45) is 0.124. The van der Waals surface area contributed by atoms with Crippen LogP contribution in [0, 0.1) is 0 Å². The number of nitrogens with one attached hydrogen (secondary N) is 1. The highest BCUT2D eigenvalue weighted by molar-refractivity contribution is 5.98. The maximum absolute atomic E-state index is 12.3. The van der Waals surface area contributed by atoms with Crippen molar-refractivity contribution in [3.8, 4) is 5.75 Å². The average molecular weight is 378 g/mol. The molecule has 0 aliphatic heterocycles. The smallest absolute Gasteiger partial charge is 0.253 e. The molecule has 0 fully saturated rings. The van der Waals surface area contributed by atoms with Crippen molar-refractivity contribution in [3.63, 3.8) is 0 Å². The van der Waals surface area contributed by atoms with Gasteiger partial charge < -0.3 is 20.7 Å². The topological polar surface area (TPSA) is 84.7 Å². The number of nitrogens with zero attached hydrogens (tertiary/aromatic N) is 1. The molecule has 6 nitrogen and oxygen atoms in total. The van der Waals surface area contributed by atoms with Crippen LogP contribution in [0.5, 0.6) is 5.75 Å². The monoisotopic (exact) mass is 377 g/mol. The van der Waals surface area contributed by atoms with Gasteiger partial charge in [-0.25, -0.2) is 0 Å². The number of ether oxygens (including phenoxy) is 1. The molecule has 1 atom stereocenters. The van der Waals surface area contributed by atoms with Gasteiger partial charge in [-0.3, -0.25) is 9.59 Å². The number of rotatable bonds is 6. The Morgan fingerprint density at radius 3 is 2.38 bits per heavy atom. The number of hydrogen-bond donors (Lipinski definition) is 2. The van der Waals surface area contributed by atoms with Crippen molar-refractivity contribution in [2.24, 2.45) is 5.73 Å². The first-order valence-corrected chi connectivity index (χ1v) is 7.92. The van der Waals surface area contributed by atoms with E-state index in [4.69, 9.17) is 10.5 Å². The zero-order chi connectivity index (χ0) is 18.4. The van der Waals surface area contributed by atoms with Crippen LogP contribution in [0.25, 0.3) is 0 Å². The van der Waals surface area contributed by atoms with Gasteiger partial charge in [-0.15, -0.1) is 12.4 Å². The molecule has 1 unspecified atom stereocenters. The normalized spacial score (nSPS) is 11.1. The molecule has 0 aromatic heterocycles. The van der Waals surface area contributed by atoms with Gasteiger partial charge >= 0.3 is 0 Å². The van der Waals surface area contributed by atoms with Gasteiger partial charge in [0.05, 0.1) is 12.8 Å². The molecule has 2 aromatic rings. The molecule has 7 heteroatoms. The number of anilines is 1. The summed E-state index contributed by atoms with van der Waals surface area (Å²) in [5, 5.41) is 2.78. The van der Waals surface area contributed by atoms with Gasteiger partial charge in [0.25, 0.3) is 5.91 Å². The lowest BCUT2D eigenvalue weighted by Crippen LogP contribution is -2.23. The molecule has 2 aromatic carbocycles. The summed E-state index contributed by atoms with van der Waals surface area (Å²) in [5.41, 5.74) is 7.89. The highest BCUT2D eigenvalue weighted by Gasteiger charge is 2.16. The molecule has 0 saturated carbocycles. The Morgan fingerprint density at radius 1 is 1.15 bits per heavy atom. The quantitative estimate of drug-likeness (QED) is 0.810. The van der Waals surface area contributed by atoms with Crippen LogP contribution < -0.4 is 15.8 Å². The zero-order valence-electron chi connectivity index (χ0n) is 15.1. The van der Waals surface area contributed by atoms with E-state index in [1.165, 1.54) is 12.0 Å². The van der Waals surface area contributed by atoms with Crippen molar-refractivity contribution in [2.45, 2.75) is 12.5 Å². The molecule has 2 rings (SSSR count). The van der Waals surface area contributed by atoms with Crippen LogP contribution in [0.15, 0.2) is 48.5 Å². The lowest BCUT2D eigenvalue weighted by molar-refractivity contribution is -0.116. The molecule has 0 aliphatic rings. The lowest BCUT2D eigenvalue weighted by atomic mass is 10.0. The Morgan fingerprint density at radius 2 is 1.81 bits per heavy atom. The molecule has 140 valence electrons. The summed E-state index contributed by atoms with van der Waals surface area (Å²) >= 11 is 0. The number of benzene rings is 2. The van der Waals surface area contributed by atoms with Crippen LogP contribution in [0.1, 0.15) is 28.4 Å². The fourth-order valence-corrected chi connectivity index (χ4v) is 2.42. The minimum atomic E-state index is -0.404. The second-order valence-corrected chi connectivity index (χ2v) is 5.88. The maximum Gasteiger partial charge on any atom is 0.253 e. The van der Waals surface area contributed by atoms with Gasteiger partial charge in [0.15, 0.2) is 0 Å². The fourth-order valence-electron chi connectivity index (χ4n) is 2.42. The molecule has 0 bridgehead atoms. The van der Waals surface area contributed by atoms with E-state index in [0.29, 0.717) is 17.0 Å². The van der Waals surface area contributed by atoms with Gasteiger partial charge in [0, 0.05) is 32.1 Å². The molecule has 0 saturated heterocycles. The highest BCUT2D eigenvalue weighted by Crippen LogP contribution is 2.26. The van der Waals surface area contributed by atoms with Crippen LogP contribution in [0.3, 0.4) is 0 Å². The molecule has 0 heterocycles. The minimum absolute atomic E-state index is 0. The summed E-state index contributed by atoms with van der Waals surface area (Å²) in [7, 11) is 4.85. The predicted octanol–water partition coefficient (Wildman–Crippen LogP) is 2.85. The van der Waals surface area contributed by atoms with Crippen LogP contribution >= 0.6 is 12.4 Å². The third-order valence-electron chi connectivity index (χ3n) is 3.76. The first-order valence-electron chi connectivity index (χ1n) is 7.92. The van der Waals surface area contributed by atoms with Gasteiger partial charge in [-0.2, -0.15) is 0 Å². The Balaban J connectivity index is 0.00000338. The molecule has 0 spiro atoms. The number of nitrogens with two attached hydrogens (primary N) is 1. The molecule has 3 N–H and O–H groups in total. The van der Waals surface area contributed by atoms with Crippen molar-refractivity contribution in [1.29, 1.82) is 0 Å². The standard InChI is InChI=1S/C19H23N3O3.ClH/c1-22(2)19(24)14-9-10-17(25-3)16(11-14)21-18(23)12-15(20)13-7-5-4-6-8-13;/h4-11,15H,12,20H2,1-3H3,(H,21,23);1H. The van der Waals surface area contributed by atoms with Crippen molar-refractivity contribution in [3.05, 3.63) is 59.7 Å². The average Bonchev–Trinajstić information content (AvgIpc) is 2.61. The zero-order valence-corrected chi connectivity index (χ0v) is 15.9. The third-order valence-corrected chi connectivity index (χ3v) is 3.76. The second kappa shape index (κ2) is 9.79. The third kappa shape index (κ3) is 5.47. The number of hydrogen-bond acceptors (Lipinski definition) is 4. The molecule has 2 amide bonds. The van der Waals surface area contributed by atoms with Gasteiger partial charge in [-0.05, 0) is 23.8 Å². The number of halogens is 1. The first-order chi connectivity index (χ1) is 11.9. The Labute approximate surface area is 159 Å². The van der Waals surface area contributed by atoms with E-state index in [1.807, 2.05) is 30.3 Å². The molecule has 26 heavy (non-hydrogen) atoms. The van der Waals surface area contributed by atoms with Crippen LogP contribution in [-0.4, -0.2) is 37.9 Å². The van der Waals surface area contributed by atoms with E-state index in [-0.39, 0.29) is 30.6 Å². The Hall–Kier alpha value is -2.57. The van der Waals surface area contributed by atoms with E-state index in [9.17, 15) is 9.59 Å². The van der Waals surface area contributed by atoms with Crippen LogP contribution in [-0.2, 0) is 4.79 Å². The van der Waals surface area contributed by atoms with Crippen molar-refractivity contribution in [1.82, 2.24) is 4.90 Å². The van der Waals surface area contributed by atoms with E-state index in [2.05, 4.69) is 5.32 Å². The first kappa shape index (κ1) is 21.5. The predicted molar refractivity (Wildman–Crippen MR) is 105 cm³/mol. The fraction of sp³-hybridized carbons (Fsp3) is 0.263. The van der Waals surface area contributed by atoms with E-state index in [0.717, 1.165) is 5.56 Å². The van der Waals surface area contributed by atoms with Gasteiger partial charge in [0.2, 0.25) is 5.91 Å². The van der Waals surface area contributed by atoms with E-state index in [1.54, 1.807) is 32.3 Å².